The molecule has 7 heteroatoms. The molecule has 0 saturated carbocycles. The number of alkyl carbamates (subject to hydrolysis) is 1. The molecular weight excluding hydrogens is 248 g/mol. The zero-order valence-electron chi connectivity index (χ0n) is 10.6. The summed E-state index contributed by atoms with van der Waals surface area (Å²) < 4.78 is 4.98. The number of rotatable bonds is 4. The summed E-state index contributed by atoms with van der Waals surface area (Å²) in [5.41, 5.74) is 3.25. The van der Waals surface area contributed by atoms with Crippen molar-refractivity contribution in [2.75, 3.05) is 6.54 Å². The van der Waals surface area contributed by atoms with Crippen molar-refractivity contribution >= 4 is 24.5 Å². The smallest absolute Gasteiger partial charge is 0.408 e. The Hall–Kier alpha value is -1.01. The highest BCUT2D eigenvalue weighted by Gasteiger charge is 2.35. The molecule has 6 nitrogen and oxygen atoms in total. The fraction of sp³-hybridized carbons (Fsp3) is 0.800. The number of amides is 1. The highest BCUT2D eigenvalue weighted by molar-refractivity contribution is 5.85. The quantitative estimate of drug-likeness (QED) is 0.709. The number of carbonyl (C=O) groups excluding carboxylic acids is 1. The molecule has 0 spiro atoms. The number of nitrogens with one attached hydrogen (secondary N) is 1. The van der Waals surface area contributed by atoms with Crippen LogP contribution < -0.4 is 11.1 Å². The first kappa shape index (κ1) is 18.4. The van der Waals surface area contributed by atoms with Crippen molar-refractivity contribution in [3.63, 3.8) is 0 Å². The van der Waals surface area contributed by atoms with Crippen molar-refractivity contribution in [1.29, 1.82) is 0 Å². The SMILES string of the molecule is CC(C)(C)OC(=O)NC(C)(CCN)C(=O)O.Cl. The van der Waals surface area contributed by atoms with Crippen LogP contribution in [0.5, 0.6) is 0 Å². The van der Waals surface area contributed by atoms with Crippen molar-refractivity contribution in [3.05, 3.63) is 0 Å². The van der Waals surface area contributed by atoms with E-state index in [-0.39, 0.29) is 25.4 Å². The van der Waals surface area contributed by atoms with E-state index in [1.54, 1.807) is 20.8 Å². The minimum absolute atomic E-state index is 0. The Kier molecular flexibility index (Phi) is 7.19. The number of ether oxygens (including phenoxy) is 1. The monoisotopic (exact) mass is 268 g/mol. The van der Waals surface area contributed by atoms with Crippen molar-refractivity contribution in [2.45, 2.75) is 45.3 Å². The summed E-state index contributed by atoms with van der Waals surface area (Å²) in [5.74, 6) is -1.14. The first-order valence-electron chi connectivity index (χ1n) is 5.05. The Bertz CT molecular complexity index is 278. The fourth-order valence-corrected chi connectivity index (χ4v) is 1.04. The van der Waals surface area contributed by atoms with Gasteiger partial charge in [-0.05, 0) is 40.7 Å². The summed E-state index contributed by atoms with van der Waals surface area (Å²) in [6, 6.07) is 0. The molecule has 0 bridgehead atoms. The third-order valence-corrected chi connectivity index (χ3v) is 1.89. The van der Waals surface area contributed by atoms with E-state index in [1.807, 2.05) is 0 Å². The van der Waals surface area contributed by atoms with Crippen LogP contribution in [-0.4, -0.2) is 34.9 Å². The van der Waals surface area contributed by atoms with E-state index in [9.17, 15) is 9.59 Å². The summed E-state index contributed by atoms with van der Waals surface area (Å²) in [6.45, 7) is 6.67. The van der Waals surface area contributed by atoms with E-state index >= 15 is 0 Å². The number of carbonyl (C=O) groups is 2. The molecule has 102 valence electrons. The Morgan fingerprint density at radius 2 is 1.76 bits per heavy atom. The highest BCUT2D eigenvalue weighted by atomic mass is 35.5. The molecule has 0 aliphatic carbocycles. The van der Waals surface area contributed by atoms with Gasteiger partial charge in [-0.15, -0.1) is 12.4 Å². The minimum Gasteiger partial charge on any atom is -0.480 e. The van der Waals surface area contributed by atoms with Crippen LogP contribution in [0.4, 0.5) is 4.79 Å². The van der Waals surface area contributed by atoms with Crippen molar-refractivity contribution < 1.29 is 19.4 Å². The van der Waals surface area contributed by atoms with Gasteiger partial charge in [0.1, 0.15) is 11.1 Å². The molecule has 4 N–H and O–H groups in total. The van der Waals surface area contributed by atoms with Gasteiger partial charge in [0.2, 0.25) is 0 Å². The van der Waals surface area contributed by atoms with E-state index in [1.165, 1.54) is 6.92 Å². The zero-order valence-corrected chi connectivity index (χ0v) is 11.4. The van der Waals surface area contributed by atoms with Gasteiger partial charge in [-0.3, -0.25) is 0 Å². The molecule has 1 atom stereocenters. The van der Waals surface area contributed by atoms with Crippen LogP contribution in [0.2, 0.25) is 0 Å². The van der Waals surface area contributed by atoms with E-state index < -0.39 is 23.2 Å². The molecule has 0 aliphatic heterocycles. The molecule has 0 fully saturated rings. The van der Waals surface area contributed by atoms with Gasteiger partial charge in [-0.25, -0.2) is 9.59 Å². The molecule has 0 rings (SSSR count). The van der Waals surface area contributed by atoms with Crippen molar-refractivity contribution in [1.82, 2.24) is 5.32 Å². The lowest BCUT2D eigenvalue weighted by atomic mass is 9.98. The van der Waals surface area contributed by atoms with Crippen molar-refractivity contribution in [2.24, 2.45) is 5.73 Å². The van der Waals surface area contributed by atoms with Gasteiger partial charge >= 0.3 is 12.1 Å². The van der Waals surface area contributed by atoms with Crippen LogP contribution in [0.1, 0.15) is 34.1 Å². The summed E-state index contributed by atoms with van der Waals surface area (Å²) in [7, 11) is 0. The molecular formula is C10H21ClN2O4. The molecule has 1 unspecified atom stereocenters. The maximum atomic E-state index is 11.4. The molecule has 0 saturated heterocycles. The first-order chi connectivity index (χ1) is 7.10. The van der Waals surface area contributed by atoms with E-state index in [0.717, 1.165) is 0 Å². The number of carboxylic acid groups (broad SMARTS) is 1. The first-order valence-corrected chi connectivity index (χ1v) is 5.05. The topological polar surface area (TPSA) is 102 Å². The molecule has 1 amide bonds. The van der Waals surface area contributed by atoms with Crippen LogP contribution in [0.15, 0.2) is 0 Å². The number of aliphatic carboxylic acids is 1. The lowest BCUT2D eigenvalue weighted by Gasteiger charge is -2.28. The third kappa shape index (κ3) is 7.01. The Balaban J connectivity index is 0. The van der Waals surface area contributed by atoms with Crippen LogP contribution in [0.3, 0.4) is 0 Å². The second-order valence-electron chi connectivity index (χ2n) is 4.80. The normalized spacial score (nSPS) is 14.2. The van der Waals surface area contributed by atoms with Gasteiger partial charge in [0, 0.05) is 0 Å². The Labute approximate surface area is 107 Å². The maximum absolute atomic E-state index is 11.4. The predicted molar refractivity (Wildman–Crippen MR) is 66.3 cm³/mol. The number of carboxylic acids is 1. The Morgan fingerprint density at radius 3 is 2.06 bits per heavy atom. The van der Waals surface area contributed by atoms with E-state index in [0.29, 0.717) is 0 Å². The molecule has 0 radical (unpaired) electrons. The number of nitrogens with two attached hydrogens (primary N) is 1. The molecule has 0 aliphatic rings. The third-order valence-electron chi connectivity index (χ3n) is 1.89. The summed E-state index contributed by atoms with van der Waals surface area (Å²) in [4.78, 5) is 22.4. The van der Waals surface area contributed by atoms with Crippen LogP contribution >= 0.6 is 12.4 Å². The minimum atomic E-state index is -1.39. The van der Waals surface area contributed by atoms with Gasteiger partial charge in [-0.1, -0.05) is 0 Å². The van der Waals surface area contributed by atoms with Gasteiger partial charge in [0.05, 0.1) is 0 Å². The second kappa shape index (κ2) is 6.66. The Morgan fingerprint density at radius 1 is 1.29 bits per heavy atom. The molecule has 0 heterocycles. The van der Waals surface area contributed by atoms with Gasteiger partial charge in [0.25, 0.3) is 0 Å². The van der Waals surface area contributed by atoms with Gasteiger partial charge < -0.3 is 20.9 Å². The van der Waals surface area contributed by atoms with Gasteiger partial charge in [0.15, 0.2) is 0 Å². The number of hydrogen-bond donors (Lipinski definition) is 3. The summed E-state index contributed by atoms with van der Waals surface area (Å²) >= 11 is 0. The molecule has 0 aromatic carbocycles. The highest BCUT2D eigenvalue weighted by Crippen LogP contribution is 2.12. The van der Waals surface area contributed by atoms with Crippen LogP contribution in [0, 0.1) is 0 Å². The summed E-state index contributed by atoms with van der Waals surface area (Å²) in [6.07, 6.45) is -0.618. The molecule has 0 aromatic rings. The van der Waals surface area contributed by atoms with E-state index in [4.69, 9.17) is 15.6 Å². The molecule has 17 heavy (non-hydrogen) atoms. The fourth-order valence-electron chi connectivity index (χ4n) is 1.04. The van der Waals surface area contributed by atoms with Crippen molar-refractivity contribution in [3.8, 4) is 0 Å². The van der Waals surface area contributed by atoms with Gasteiger partial charge in [-0.2, -0.15) is 0 Å². The predicted octanol–water partition coefficient (Wildman–Crippen LogP) is 1.12. The lowest BCUT2D eigenvalue weighted by molar-refractivity contribution is -0.144. The number of hydrogen-bond acceptors (Lipinski definition) is 4. The van der Waals surface area contributed by atoms with E-state index in [2.05, 4.69) is 5.32 Å². The maximum Gasteiger partial charge on any atom is 0.408 e. The molecule has 0 aromatic heterocycles. The standard InChI is InChI=1S/C10H20N2O4.ClH/c1-9(2,3)16-8(15)12-10(4,5-6-11)7(13)14;/h5-6,11H2,1-4H3,(H,12,15)(H,13,14);1H. The second-order valence-corrected chi connectivity index (χ2v) is 4.80. The summed E-state index contributed by atoms with van der Waals surface area (Å²) in [5, 5.41) is 11.3. The average molecular weight is 269 g/mol. The lowest BCUT2D eigenvalue weighted by Crippen LogP contribution is -2.54. The van der Waals surface area contributed by atoms with Crippen LogP contribution in [-0.2, 0) is 9.53 Å². The zero-order chi connectivity index (χ0) is 13.0. The van der Waals surface area contributed by atoms with Crippen LogP contribution in [0.25, 0.3) is 0 Å². The average Bonchev–Trinajstić information content (AvgIpc) is 1.99. The largest absolute Gasteiger partial charge is 0.480 e. The number of halogens is 1.